The molecule has 2 aromatic heterocycles. The van der Waals surface area contributed by atoms with Gasteiger partial charge in [0.05, 0.1) is 17.6 Å². The lowest BCUT2D eigenvalue weighted by atomic mass is 9.94. The van der Waals surface area contributed by atoms with Crippen LogP contribution in [0.1, 0.15) is 80.6 Å². The summed E-state index contributed by atoms with van der Waals surface area (Å²) in [6.07, 6.45) is 5.95. The lowest BCUT2D eigenvalue weighted by Crippen LogP contribution is -2.36. The number of aromatic amines is 1. The van der Waals surface area contributed by atoms with Crippen LogP contribution in [0.15, 0.2) is 59.4 Å². The van der Waals surface area contributed by atoms with Crippen LogP contribution in [0.25, 0.3) is 10.9 Å². The minimum atomic E-state index is -0.0377. The highest BCUT2D eigenvalue weighted by Crippen LogP contribution is 2.34. The zero-order chi connectivity index (χ0) is 25.1. The van der Waals surface area contributed by atoms with Crippen molar-refractivity contribution in [1.82, 2.24) is 30.1 Å². The molecule has 1 saturated carbocycles. The van der Waals surface area contributed by atoms with Crippen molar-refractivity contribution >= 4 is 10.9 Å². The highest BCUT2D eigenvalue weighted by atomic mass is 16.1. The first-order valence-corrected chi connectivity index (χ1v) is 13.2. The number of benzene rings is 2. The molecule has 0 aliphatic heterocycles. The Morgan fingerprint density at radius 2 is 1.81 bits per heavy atom. The summed E-state index contributed by atoms with van der Waals surface area (Å²) in [6, 6.07) is 18.9. The molecule has 7 nitrogen and oxygen atoms in total. The maximum Gasteiger partial charge on any atom is 0.252 e. The van der Waals surface area contributed by atoms with Crippen LogP contribution in [0.3, 0.4) is 0 Å². The second-order valence-electron chi connectivity index (χ2n) is 10.5. The Kier molecular flexibility index (Phi) is 7.28. The van der Waals surface area contributed by atoms with Crippen molar-refractivity contribution in [2.75, 3.05) is 0 Å². The molecule has 1 aliphatic rings. The Bertz CT molecular complexity index is 1350. The third kappa shape index (κ3) is 5.12. The van der Waals surface area contributed by atoms with Crippen molar-refractivity contribution in [2.45, 2.75) is 78.0 Å². The van der Waals surface area contributed by atoms with Gasteiger partial charge in [-0.3, -0.25) is 9.69 Å². The van der Waals surface area contributed by atoms with Crippen LogP contribution in [0.5, 0.6) is 0 Å². The third-order valence-electron chi connectivity index (χ3n) is 7.50. The second-order valence-corrected chi connectivity index (χ2v) is 10.5. The van der Waals surface area contributed by atoms with Gasteiger partial charge in [-0.1, -0.05) is 81.6 Å². The fourth-order valence-electron chi connectivity index (χ4n) is 5.70. The van der Waals surface area contributed by atoms with E-state index in [0.717, 1.165) is 40.7 Å². The highest BCUT2D eigenvalue weighted by molar-refractivity contribution is 5.81. The number of hydrogen-bond acceptors (Lipinski definition) is 5. The smallest absolute Gasteiger partial charge is 0.252 e. The minimum absolute atomic E-state index is 0.0326. The van der Waals surface area contributed by atoms with Gasteiger partial charge in [-0.05, 0) is 58.7 Å². The molecule has 1 aliphatic carbocycles. The molecule has 0 bridgehead atoms. The summed E-state index contributed by atoms with van der Waals surface area (Å²) in [6.45, 7) is 7.67. The number of rotatable bonds is 8. The van der Waals surface area contributed by atoms with Gasteiger partial charge in [-0.25, -0.2) is 4.68 Å². The molecule has 0 radical (unpaired) electrons. The fourth-order valence-corrected chi connectivity index (χ4v) is 5.70. The van der Waals surface area contributed by atoms with Crippen molar-refractivity contribution in [3.8, 4) is 0 Å². The maximum atomic E-state index is 13.2. The molecule has 1 N–H and O–H groups in total. The van der Waals surface area contributed by atoms with Crippen LogP contribution in [0.4, 0.5) is 0 Å². The summed E-state index contributed by atoms with van der Waals surface area (Å²) in [4.78, 5) is 18.7. The van der Waals surface area contributed by atoms with Gasteiger partial charge >= 0.3 is 0 Å². The predicted molar refractivity (Wildman–Crippen MR) is 143 cm³/mol. The predicted octanol–water partition coefficient (Wildman–Crippen LogP) is 5.73. The van der Waals surface area contributed by atoms with E-state index in [0.29, 0.717) is 19.1 Å². The van der Waals surface area contributed by atoms with Crippen molar-refractivity contribution in [3.05, 3.63) is 87.5 Å². The summed E-state index contributed by atoms with van der Waals surface area (Å²) >= 11 is 0. The van der Waals surface area contributed by atoms with Gasteiger partial charge in [0.25, 0.3) is 5.56 Å². The number of para-hydroxylation sites is 1. The highest BCUT2D eigenvalue weighted by Gasteiger charge is 2.32. The Hall–Kier alpha value is -3.32. The van der Waals surface area contributed by atoms with Crippen LogP contribution in [0, 0.1) is 12.8 Å². The van der Waals surface area contributed by atoms with Crippen LogP contribution in [0.2, 0.25) is 0 Å². The van der Waals surface area contributed by atoms with Crippen LogP contribution in [-0.4, -0.2) is 30.1 Å². The van der Waals surface area contributed by atoms with Crippen molar-refractivity contribution in [3.63, 3.8) is 0 Å². The van der Waals surface area contributed by atoms with E-state index in [-0.39, 0.29) is 17.5 Å². The minimum Gasteiger partial charge on any atom is -0.321 e. The molecular formula is C29H36N6O. The number of aryl methyl sites for hydroxylation is 1. The quantitative estimate of drug-likeness (QED) is 0.346. The monoisotopic (exact) mass is 484 g/mol. The van der Waals surface area contributed by atoms with E-state index < -0.39 is 0 Å². The molecular weight excluding hydrogens is 448 g/mol. The number of fused-ring (bicyclic) bond motifs is 1. The summed E-state index contributed by atoms with van der Waals surface area (Å²) in [5, 5.41) is 14.2. The van der Waals surface area contributed by atoms with Crippen LogP contribution >= 0.6 is 0 Å². The Morgan fingerprint density at radius 3 is 2.56 bits per heavy atom. The molecule has 0 spiro atoms. The number of nitrogens with one attached hydrogen (secondary N) is 1. The molecule has 2 heterocycles. The molecule has 0 saturated heterocycles. The molecule has 7 heteroatoms. The average Bonchev–Trinajstić information content (AvgIpc) is 3.35. The van der Waals surface area contributed by atoms with E-state index in [9.17, 15) is 4.79 Å². The first-order valence-electron chi connectivity index (χ1n) is 13.2. The summed E-state index contributed by atoms with van der Waals surface area (Å²) in [5.74, 6) is 1.16. The van der Waals surface area contributed by atoms with E-state index >= 15 is 0 Å². The Morgan fingerprint density at radius 1 is 1.03 bits per heavy atom. The number of pyridine rings is 1. The molecule has 2 aromatic carbocycles. The Labute approximate surface area is 212 Å². The lowest BCUT2D eigenvalue weighted by Gasteiger charge is -2.35. The van der Waals surface area contributed by atoms with Gasteiger partial charge in [0.15, 0.2) is 5.82 Å². The standard InChI is InChI=1S/C29H36N6O/c1-20(2)27(28-31-32-33-35(28)25-15-8-5-9-16-25)34(18-22-12-6-4-7-13-22)19-24-17-23-14-10-11-21(3)26(23)30-29(24)36/h4,6-7,10-14,17,20,25,27H,5,8-9,15-16,18-19H2,1-3H3,(H,30,36)/t27-/m1/s1. The van der Waals surface area contributed by atoms with Crippen molar-refractivity contribution < 1.29 is 0 Å². The van der Waals surface area contributed by atoms with Crippen LogP contribution in [-0.2, 0) is 13.1 Å². The molecule has 36 heavy (non-hydrogen) atoms. The summed E-state index contributed by atoms with van der Waals surface area (Å²) in [5.41, 5.74) is 3.90. The third-order valence-corrected chi connectivity index (χ3v) is 7.50. The van der Waals surface area contributed by atoms with E-state index in [1.807, 2.05) is 31.2 Å². The average molecular weight is 485 g/mol. The fraction of sp³-hybridized carbons (Fsp3) is 0.448. The lowest BCUT2D eigenvalue weighted by molar-refractivity contribution is 0.121. The Balaban J connectivity index is 1.56. The van der Waals surface area contributed by atoms with Crippen molar-refractivity contribution in [2.24, 2.45) is 5.92 Å². The van der Waals surface area contributed by atoms with Crippen molar-refractivity contribution in [1.29, 1.82) is 0 Å². The number of nitrogens with zero attached hydrogens (tertiary/aromatic N) is 5. The van der Waals surface area contributed by atoms with Gasteiger partial charge < -0.3 is 4.98 Å². The number of tetrazole rings is 1. The molecule has 4 aromatic rings. The first-order chi connectivity index (χ1) is 17.5. The van der Waals surface area contributed by atoms with Gasteiger partial charge in [0.2, 0.25) is 0 Å². The molecule has 5 rings (SSSR count). The molecule has 1 fully saturated rings. The number of aromatic nitrogens is 5. The van der Waals surface area contributed by atoms with E-state index in [2.05, 4.69) is 74.3 Å². The topological polar surface area (TPSA) is 79.7 Å². The zero-order valence-electron chi connectivity index (χ0n) is 21.5. The molecule has 0 unspecified atom stereocenters. The van der Waals surface area contributed by atoms with Gasteiger partial charge in [-0.15, -0.1) is 5.10 Å². The number of hydrogen-bond donors (Lipinski definition) is 1. The number of H-pyrrole nitrogens is 1. The largest absolute Gasteiger partial charge is 0.321 e. The van der Waals surface area contributed by atoms with Gasteiger partial charge in [0.1, 0.15) is 0 Å². The van der Waals surface area contributed by atoms with E-state index in [4.69, 9.17) is 0 Å². The maximum absolute atomic E-state index is 13.2. The van der Waals surface area contributed by atoms with Gasteiger partial charge in [0, 0.05) is 18.7 Å². The second kappa shape index (κ2) is 10.7. The molecule has 1 atom stereocenters. The normalized spacial score (nSPS) is 15.7. The summed E-state index contributed by atoms with van der Waals surface area (Å²) < 4.78 is 2.08. The van der Waals surface area contributed by atoms with E-state index in [1.54, 1.807) is 0 Å². The molecule has 0 amide bonds. The zero-order valence-corrected chi connectivity index (χ0v) is 21.5. The summed E-state index contributed by atoms with van der Waals surface area (Å²) in [7, 11) is 0. The van der Waals surface area contributed by atoms with E-state index in [1.165, 1.54) is 24.8 Å². The molecule has 188 valence electrons. The first kappa shape index (κ1) is 24.4. The van der Waals surface area contributed by atoms with Gasteiger partial charge in [-0.2, -0.15) is 0 Å². The van der Waals surface area contributed by atoms with Crippen LogP contribution < -0.4 is 5.56 Å². The SMILES string of the molecule is Cc1cccc2cc(CN(Cc3ccccc3)[C@@H](c3nnnn3C3CCCCC3)C(C)C)c(=O)[nH]c12.